The molecule has 0 spiro atoms. The Hall–Kier alpha value is -3.76. The van der Waals surface area contributed by atoms with Gasteiger partial charge in [0.2, 0.25) is 0 Å². The SMILES string of the molecule is [Ir].[c-]1cccc2c3cscc3c3c(-c4cccc(-n5c6ccccc6c6ccccc65)c4)cnn3c12. The molecule has 8 aromatic rings. The molecule has 0 atom stereocenters. The van der Waals surface area contributed by atoms with Crippen molar-refractivity contribution in [3.8, 4) is 16.8 Å². The quantitative estimate of drug-likeness (QED) is 0.172. The van der Waals surface area contributed by atoms with E-state index in [4.69, 9.17) is 5.10 Å². The summed E-state index contributed by atoms with van der Waals surface area (Å²) in [6.45, 7) is 0. The summed E-state index contributed by atoms with van der Waals surface area (Å²) in [6, 6.07) is 35.7. The molecule has 4 heterocycles. The summed E-state index contributed by atoms with van der Waals surface area (Å²) >= 11 is 1.73. The topological polar surface area (TPSA) is 22.2 Å². The number of pyridine rings is 1. The summed E-state index contributed by atoms with van der Waals surface area (Å²) < 4.78 is 4.41. The fourth-order valence-corrected chi connectivity index (χ4v) is 6.34. The first-order valence-corrected chi connectivity index (χ1v) is 12.6. The molecule has 3 nitrogen and oxygen atoms in total. The summed E-state index contributed by atoms with van der Waals surface area (Å²) in [5, 5.41) is 15.5. The minimum Gasteiger partial charge on any atom is -0.309 e. The van der Waals surface area contributed by atoms with Crippen LogP contribution in [0.5, 0.6) is 0 Å². The number of benzene rings is 4. The Morgan fingerprint density at radius 2 is 1.42 bits per heavy atom. The summed E-state index contributed by atoms with van der Waals surface area (Å²) in [7, 11) is 0. The normalized spacial score (nSPS) is 11.7. The second kappa shape index (κ2) is 8.14. The van der Waals surface area contributed by atoms with Crippen LogP contribution in [-0.2, 0) is 20.1 Å². The van der Waals surface area contributed by atoms with Crippen molar-refractivity contribution in [3.63, 3.8) is 0 Å². The maximum atomic E-state index is 4.83. The van der Waals surface area contributed by atoms with Crippen LogP contribution >= 0.6 is 11.3 Å². The van der Waals surface area contributed by atoms with Gasteiger partial charge in [-0.05, 0) is 46.1 Å². The fraction of sp³-hybridized carbons (Fsp3) is 0. The number of para-hydroxylation sites is 3. The number of fused-ring (bicyclic) bond motifs is 9. The zero-order valence-corrected chi connectivity index (χ0v) is 22.2. The molecule has 0 saturated carbocycles. The molecule has 0 aliphatic carbocycles. The first kappa shape index (κ1) is 21.5. The molecule has 0 amide bonds. The first-order valence-electron chi connectivity index (χ1n) is 11.6. The van der Waals surface area contributed by atoms with Crippen LogP contribution in [-0.4, -0.2) is 14.2 Å². The zero-order chi connectivity index (χ0) is 22.9. The van der Waals surface area contributed by atoms with Crippen molar-refractivity contribution < 1.29 is 20.1 Å². The number of aromatic nitrogens is 3. The van der Waals surface area contributed by atoms with Gasteiger partial charge in [-0.3, -0.25) is 4.52 Å². The largest absolute Gasteiger partial charge is 0.309 e. The molecular formula is C31H18IrN3S-. The molecular weight excluding hydrogens is 639 g/mol. The predicted octanol–water partition coefficient (Wildman–Crippen LogP) is 8.26. The molecule has 5 heteroatoms. The van der Waals surface area contributed by atoms with Crippen LogP contribution in [0.1, 0.15) is 0 Å². The summed E-state index contributed by atoms with van der Waals surface area (Å²) in [4.78, 5) is 0. The van der Waals surface area contributed by atoms with E-state index >= 15 is 0 Å². The smallest absolute Gasteiger partial charge is 0.0798 e. The van der Waals surface area contributed by atoms with Crippen molar-refractivity contribution in [1.29, 1.82) is 0 Å². The van der Waals surface area contributed by atoms with Crippen LogP contribution in [0.3, 0.4) is 0 Å². The van der Waals surface area contributed by atoms with E-state index in [0.29, 0.717) is 0 Å². The number of rotatable bonds is 2. The van der Waals surface area contributed by atoms with Gasteiger partial charge in [-0.15, -0.1) is 5.39 Å². The molecule has 0 aliphatic rings. The van der Waals surface area contributed by atoms with Gasteiger partial charge in [0, 0.05) is 47.5 Å². The molecule has 0 N–H and O–H groups in total. The minimum atomic E-state index is 0. The van der Waals surface area contributed by atoms with Gasteiger partial charge in [-0.25, -0.2) is 0 Å². The first-order chi connectivity index (χ1) is 17.4. The van der Waals surface area contributed by atoms with Gasteiger partial charge in [0.25, 0.3) is 0 Å². The van der Waals surface area contributed by atoms with E-state index in [9.17, 15) is 0 Å². The summed E-state index contributed by atoms with van der Waals surface area (Å²) in [6.07, 6.45) is 2.00. The van der Waals surface area contributed by atoms with Crippen LogP contribution in [0.4, 0.5) is 0 Å². The second-order valence-corrected chi connectivity index (χ2v) is 9.61. The zero-order valence-electron chi connectivity index (χ0n) is 19.0. The van der Waals surface area contributed by atoms with Gasteiger partial charge in [0.05, 0.1) is 22.7 Å². The van der Waals surface area contributed by atoms with E-state index in [1.165, 1.54) is 38.0 Å². The van der Waals surface area contributed by atoms with Crippen molar-refractivity contribution >= 4 is 60.3 Å². The van der Waals surface area contributed by atoms with Crippen molar-refractivity contribution in [2.45, 2.75) is 0 Å². The number of nitrogens with zero attached hydrogens (tertiary/aromatic N) is 3. The number of thiophene rings is 1. The molecule has 0 bridgehead atoms. The Labute approximate surface area is 224 Å². The van der Waals surface area contributed by atoms with Crippen LogP contribution in [0.15, 0.2) is 108 Å². The number of hydrogen-bond acceptors (Lipinski definition) is 2. The summed E-state index contributed by atoms with van der Waals surface area (Å²) in [5.41, 5.74) is 8.01. The Bertz CT molecular complexity index is 2030. The van der Waals surface area contributed by atoms with E-state index in [-0.39, 0.29) is 20.1 Å². The Morgan fingerprint density at radius 3 is 2.22 bits per heavy atom. The van der Waals surface area contributed by atoms with Gasteiger partial charge in [-0.1, -0.05) is 53.9 Å². The van der Waals surface area contributed by atoms with E-state index in [1.54, 1.807) is 11.3 Å². The van der Waals surface area contributed by atoms with Crippen molar-refractivity contribution in [2.24, 2.45) is 0 Å². The molecule has 173 valence electrons. The Kier molecular flexibility index (Phi) is 4.87. The fourth-order valence-electron chi connectivity index (χ4n) is 5.51. The average molecular weight is 657 g/mol. The predicted molar refractivity (Wildman–Crippen MR) is 147 cm³/mol. The minimum absolute atomic E-state index is 0. The van der Waals surface area contributed by atoms with Crippen LogP contribution in [0, 0.1) is 6.07 Å². The van der Waals surface area contributed by atoms with Gasteiger partial charge in [0.15, 0.2) is 0 Å². The standard InChI is InChI=1S/C31H18N3S.Ir/c1-4-13-28-22(10-1)23-11-2-5-14-29(23)33(28)21-9-7-8-20(16-21)25-17-32-34-30-15-6-3-12-24(30)26-18-35-19-27(26)31(25)34;/h1-14,16-19H;/q-1;. The molecule has 36 heavy (non-hydrogen) atoms. The third kappa shape index (κ3) is 2.91. The van der Waals surface area contributed by atoms with E-state index in [1.807, 2.05) is 22.8 Å². The van der Waals surface area contributed by atoms with Crippen molar-refractivity contribution in [2.75, 3.05) is 0 Å². The monoisotopic (exact) mass is 657 g/mol. The van der Waals surface area contributed by atoms with E-state index in [0.717, 1.165) is 27.8 Å². The van der Waals surface area contributed by atoms with Gasteiger partial charge < -0.3 is 4.57 Å². The third-order valence-corrected chi connectivity index (χ3v) is 7.76. The molecule has 0 aliphatic heterocycles. The van der Waals surface area contributed by atoms with Gasteiger partial charge >= 0.3 is 0 Å². The van der Waals surface area contributed by atoms with Crippen molar-refractivity contribution in [3.05, 3.63) is 114 Å². The van der Waals surface area contributed by atoms with Gasteiger partial charge in [-0.2, -0.15) is 40.7 Å². The molecule has 4 aromatic heterocycles. The average Bonchev–Trinajstić information content (AvgIpc) is 3.64. The maximum Gasteiger partial charge on any atom is 0.0798 e. The number of hydrogen-bond donors (Lipinski definition) is 0. The van der Waals surface area contributed by atoms with Crippen LogP contribution < -0.4 is 0 Å². The van der Waals surface area contributed by atoms with E-state index < -0.39 is 0 Å². The molecule has 0 unspecified atom stereocenters. The van der Waals surface area contributed by atoms with Crippen LogP contribution in [0.25, 0.3) is 65.8 Å². The van der Waals surface area contributed by atoms with Crippen LogP contribution in [0.2, 0.25) is 0 Å². The maximum absolute atomic E-state index is 4.83. The van der Waals surface area contributed by atoms with E-state index in [2.05, 4.69) is 100 Å². The Morgan fingerprint density at radius 1 is 0.694 bits per heavy atom. The van der Waals surface area contributed by atoms with Gasteiger partial charge in [0.1, 0.15) is 0 Å². The third-order valence-electron chi connectivity index (χ3n) is 7.02. The molecule has 0 fully saturated rings. The van der Waals surface area contributed by atoms with Crippen molar-refractivity contribution in [1.82, 2.24) is 14.2 Å². The molecule has 4 aromatic carbocycles. The second-order valence-electron chi connectivity index (χ2n) is 8.87. The molecule has 0 saturated heterocycles. The Balaban J connectivity index is 0.00000220. The summed E-state index contributed by atoms with van der Waals surface area (Å²) in [5.74, 6) is 0. The molecule has 1 radical (unpaired) electrons. The molecule has 8 rings (SSSR count).